The maximum Gasteiger partial charge on any atom is 0.128 e. The fourth-order valence-corrected chi connectivity index (χ4v) is 3.68. The molecule has 1 aromatic heterocycles. The van der Waals surface area contributed by atoms with Crippen molar-refractivity contribution < 1.29 is 0 Å². The minimum Gasteiger partial charge on any atom is -0.326 e. The topological polar surface area (TPSA) is 51.8 Å². The Balaban J connectivity index is 1.93. The fourth-order valence-electron chi connectivity index (χ4n) is 2.68. The summed E-state index contributed by atoms with van der Waals surface area (Å²) < 4.78 is 0. The number of fused-ring (bicyclic) bond motifs is 1. The summed E-state index contributed by atoms with van der Waals surface area (Å²) in [6, 6.07) is 6.73. The van der Waals surface area contributed by atoms with E-state index >= 15 is 0 Å². The minimum absolute atomic E-state index is 0.509. The first-order valence-corrected chi connectivity index (χ1v) is 7.83. The van der Waals surface area contributed by atoms with E-state index in [-0.39, 0.29) is 0 Å². The number of hydrogen-bond acceptors (Lipinski definition) is 4. The quantitative estimate of drug-likeness (QED) is 0.941. The van der Waals surface area contributed by atoms with Gasteiger partial charge >= 0.3 is 0 Å². The van der Waals surface area contributed by atoms with Crippen LogP contribution in [0.3, 0.4) is 0 Å². The highest BCUT2D eigenvalue weighted by Crippen LogP contribution is 2.33. The van der Waals surface area contributed by atoms with Gasteiger partial charge in [-0.25, -0.2) is 0 Å². The van der Waals surface area contributed by atoms with E-state index in [1.165, 1.54) is 35.3 Å². The number of aryl methyl sites for hydroxylation is 3. The fraction of sp³-hybridized carbons (Fsp3) is 0.375. The van der Waals surface area contributed by atoms with Crippen LogP contribution in [0.25, 0.3) is 0 Å². The van der Waals surface area contributed by atoms with E-state index in [4.69, 9.17) is 5.73 Å². The van der Waals surface area contributed by atoms with Crippen LogP contribution in [-0.2, 0) is 19.4 Å². The van der Waals surface area contributed by atoms with Gasteiger partial charge in [0.25, 0.3) is 0 Å². The van der Waals surface area contributed by atoms with Gasteiger partial charge in [-0.2, -0.15) is 5.10 Å². The van der Waals surface area contributed by atoms with E-state index in [0.29, 0.717) is 6.54 Å². The third kappa shape index (κ3) is 2.45. The van der Waals surface area contributed by atoms with Crippen molar-refractivity contribution in [3.8, 4) is 0 Å². The molecule has 2 aromatic rings. The van der Waals surface area contributed by atoms with Crippen LogP contribution in [-0.4, -0.2) is 10.2 Å². The molecule has 0 saturated heterocycles. The summed E-state index contributed by atoms with van der Waals surface area (Å²) in [7, 11) is 0. The normalized spacial score (nSPS) is 13.6. The van der Waals surface area contributed by atoms with Gasteiger partial charge in [-0.1, -0.05) is 17.8 Å². The summed E-state index contributed by atoms with van der Waals surface area (Å²) in [5.41, 5.74) is 12.1. The molecule has 0 atom stereocenters. The van der Waals surface area contributed by atoms with Crippen molar-refractivity contribution in [2.45, 2.75) is 49.6 Å². The maximum atomic E-state index is 5.88. The summed E-state index contributed by atoms with van der Waals surface area (Å²) >= 11 is 1.67. The van der Waals surface area contributed by atoms with Crippen LogP contribution < -0.4 is 5.73 Å². The molecule has 1 aliphatic carbocycles. The zero-order valence-electron chi connectivity index (χ0n) is 11.9. The van der Waals surface area contributed by atoms with Crippen molar-refractivity contribution in [1.29, 1.82) is 0 Å². The highest BCUT2D eigenvalue weighted by molar-refractivity contribution is 7.99. The standard InChI is InChI=1S/C16H19N3S/c1-10-11(2)18-19-16(15(10)9-17)20-14-7-6-12-4-3-5-13(12)8-14/h6-8H,3-5,9,17H2,1-2H3. The molecule has 1 aliphatic rings. The van der Waals surface area contributed by atoms with Crippen LogP contribution in [0.1, 0.15) is 34.4 Å². The monoisotopic (exact) mass is 285 g/mol. The number of nitrogens with two attached hydrogens (primary N) is 1. The van der Waals surface area contributed by atoms with Gasteiger partial charge in [-0.05, 0) is 61.9 Å². The SMILES string of the molecule is Cc1nnc(Sc2ccc3c(c2)CCC3)c(CN)c1C. The van der Waals surface area contributed by atoms with E-state index in [9.17, 15) is 0 Å². The van der Waals surface area contributed by atoms with Crippen LogP contribution >= 0.6 is 11.8 Å². The molecule has 4 heteroatoms. The molecule has 0 saturated carbocycles. The van der Waals surface area contributed by atoms with Crippen molar-refractivity contribution in [3.05, 3.63) is 46.1 Å². The Bertz CT molecular complexity index is 652. The average Bonchev–Trinajstić information content (AvgIpc) is 2.91. The molecule has 0 aliphatic heterocycles. The first-order chi connectivity index (χ1) is 9.69. The van der Waals surface area contributed by atoms with Gasteiger partial charge in [0.1, 0.15) is 5.03 Å². The zero-order valence-corrected chi connectivity index (χ0v) is 12.8. The van der Waals surface area contributed by atoms with E-state index < -0.39 is 0 Å². The lowest BCUT2D eigenvalue weighted by Crippen LogP contribution is -2.06. The van der Waals surface area contributed by atoms with Crippen molar-refractivity contribution in [2.24, 2.45) is 5.73 Å². The molecule has 1 aromatic carbocycles. The van der Waals surface area contributed by atoms with Crippen LogP contribution in [0.4, 0.5) is 0 Å². The molecule has 104 valence electrons. The van der Waals surface area contributed by atoms with Crippen LogP contribution in [0.2, 0.25) is 0 Å². The number of nitrogens with zero attached hydrogens (tertiary/aromatic N) is 2. The molecule has 0 fully saturated rings. The lowest BCUT2D eigenvalue weighted by atomic mass is 10.1. The molecular formula is C16H19N3S. The Kier molecular flexibility index (Phi) is 3.76. The molecule has 3 rings (SSSR count). The molecule has 1 heterocycles. The van der Waals surface area contributed by atoms with Crippen LogP contribution in [0.5, 0.6) is 0 Å². The van der Waals surface area contributed by atoms with Gasteiger partial charge in [0.2, 0.25) is 0 Å². The number of aromatic nitrogens is 2. The Labute approximate surface area is 124 Å². The maximum absolute atomic E-state index is 5.88. The second-order valence-electron chi connectivity index (χ2n) is 5.28. The summed E-state index contributed by atoms with van der Waals surface area (Å²) in [5, 5.41) is 9.50. The summed E-state index contributed by atoms with van der Waals surface area (Å²) in [4.78, 5) is 1.23. The van der Waals surface area contributed by atoms with Gasteiger partial charge in [0, 0.05) is 17.0 Å². The largest absolute Gasteiger partial charge is 0.326 e. The molecule has 0 radical (unpaired) electrons. The minimum atomic E-state index is 0.509. The molecule has 20 heavy (non-hydrogen) atoms. The second kappa shape index (κ2) is 5.54. The van der Waals surface area contributed by atoms with E-state index in [2.05, 4.69) is 35.3 Å². The predicted octanol–water partition coefficient (Wildman–Crippen LogP) is 3.19. The first-order valence-electron chi connectivity index (χ1n) is 7.01. The van der Waals surface area contributed by atoms with Crippen LogP contribution in [0, 0.1) is 13.8 Å². The predicted molar refractivity (Wildman–Crippen MR) is 82.0 cm³/mol. The number of rotatable bonds is 3. The van der Waals surface area contributed by atoms with Gasteiger partial charge < -0.3 is 5.73 Å². The number of benzene rings is 1. The smallest absolute Gasteiger partial charge is 0.128 e. The summed E-state index contributed by atoms with van der Waals surface area (Å²) in [6.45, 7) is 4.56. The third-order valence-corrected chi connectivity index (χ3v) is 5.04. The van der Waals surface area contributed by atoms with Gasteiger partial charge in [-0.3, -0.25) is 0 Å². The van der Waals surface area contributed by atoms with Gasteiger partial charge in [0.05, 0.1) is 5.69 Å². The average molecular weight is 285 g/mol. The zero-order chi connectivity index (χ0) is 14.1. The highest BCUT2D eigenvalue weighted by Gasteiger charge is 2.14. The number of hydrogen-bond donors (Lipinski definition) is 1. The molecule has 0 bridgehead atoms. The van der Waals surface area contributed by atoms with E-state index in [1.807, 2.05) is 6.92 Å². The van der Waals surface area contributed by atoms with Crippen LogP contribution in [0.15, 0.2) is 28.1 Å². The lowest BCUT2D eigenvalue weighted by molar-refractivity contribution is 0.825. The van der Waals surface area contributed by atoms with E-state index in [0.717, 1.165) is 21.8 Å². The molecular weight excluding hydrogens is 266 g/mol. The summed E-state index contributed by atoms with van der Waals surface area (Å²) in [5.74, 6) is 0. The second-order valence-corrected chi connectivity index (χ2v) is 6.35. The Hall–Kier alpha value is -1.39. The third-order valence-electron chi connectivity index (χ3n) is 4.03. The Morgan fingerprint density at radius 2 is 1.95 bits per heavy atom. The van der Waals surface area contributed by atoms with Gasteiger partial charge in [0.15, 0.2) is 0 Å². The van der Waals surface area contributed by atoms with Gasteiger partial charge in [-0.15, -0.1) is 5.10 Å². The summed E-state index contributed by atoms with van der Waals surface area (Å²) in [6.07, 6.45) is 3.70. The van der Waals surface area contributed by atoms with Crippen molar-refractivity contribution in [2.75, 3.05) is 0 Å². The Morgan fingerprint density at radius 1 is 1.15 bits per heavy atom. The molecule has 3 nitrogen and oxygen atoms in total. The van der Waals surface area contributed by atoms with Crippen molar-refractivity contribution in [1.82, 2.24) is 10.2 Å². The molecule has 0 unspecified atom stereocenters. The molecule has 0 amide bonds. The molecule has 0 spiro atoms. The van der Waals surface area contributed by atoms with Crippen molar-refractivity contribution in [3.63, 3.8) is 0 Å². The molecule has 2 N–H and O–H groups in total. The van der Waals surface area contributed by atoms with E-state index in [1.54, 1.807) is 11.8 Å². The highest BCUT2D eigenvalue weighted by atomic mass is 32.2. The lowest BCUT2D eigenvalue weighted by Gasteiger charge is -2.11. The first kappa shape index (κ1) is 13.6. The Morgan fingerprint density at radius 3 is 2.75 bits per heavy atom. The van der Waals surface area contributed by atoms with Crippen molar-refractivity contribution >= 4 is 11.8 Å².